The zero-order valence-corrected chi connectivity index (χ0v) is 35.3. The summed E-state index contributed by atoms with van der Waals surface area (Å²) in [5.74, 6) is -0.319. The Morgan fingerprint density at radius 3 is 1.49 bits per heavy atom. The minimum Gasteiger partial charge on any atom is -0.457 e. The molecule has 0 heterocycles. The van der Waals surface area contributed by atoms with Crippen LogP contribution < -0.4 is 0 Å². The predicted octanol–water partition coefficient (Wildman–Crippen LogP) is 12.3. The van der Waals surface area contributed by atoms with Crippen molar-refractivity contribution in [3.8, 4) is 0 Å². The fourth-order valence-corrected chi connectivity index (χ4v) is 6.70. The van der Waals surface area contributed by atoms with Crippen molar-refractivity contribution in [1.29, 1.82) is 0 Å². The molecule has 0 aromatic carbocycles. The van der Waals surface area contributed by atoms with Gasteiger partial charge in [0.2, 0.25) is 0 Å². The first-order valence-electron chi connectivity index (χ1n) is 21.4. The van der Waals surface area contributed by atoms with Crippen LogP contribution in [0.3, 0.4) is 0 Å². The van der Waals surface area contributed by atoms with Gasteiger partial charge < -0.3 is 18.9 Å². The number of nitrogens with zero attached hydrogens (tertiary/aromatic N) is 1. The molecule has 0 fully saturated rings. The second kappa shape index (κ2) is 36.2. The summed E-state index contributed by atoms with van der Waals surface area (Å²) < 4.78 is 34.9. The monoisotopic (exact) mass is 747 g/mol. The van der Waals surface area contributed by atoms with Crippen molar-refractivity contribution in [2.45, 2.75) is 200 Å². The molecule has 0 rings (SSSR count). The maximum atomic E-state index is 12.7. The third kappa shape index (κ3) is 40.3. The molecule has 0 spiro atoms. The smallest absolute Gasteiger partial charge is 0.457 e. The Hall–Kier alpha value is -0.760. The number of unbranched alkanes of at least 4 members (excludes halogenated alkanes) is 24. The highest BCUT2D eigenvalue weighted by Gasteiger charge is 2.26. The number of ether oxygens (including phenoxy) is 2. The quantitative estimate of drug-likeness (QED) is 0.0219. The number of hydrogen-bond acceptors (Lipinski definition) is 6. The van der Waals surface area contributed by atoms with Crippen LogP contribution in [0.5, 0.6) is 0 Å². The molecule has 0 aliphatic carbocycles. The largest absolute Gasteiger partial charge is 0.472 e. The summed E-state index contributed by atoms with van der Waals surface area (Å²) in [5, 5.41) is 0. The fraction of sp³-hybridized carbons (Fsp3) is 0.929. The average molecular weight is 747 g/mol. The van der Waals surface area contributed by atoms with Gasteiger partial charge in [0.15, 0.2) is 0 Å². The van der Waals surface area contributed by atoms with E-state index < -0.39 is 13.9 Å². The van der Waals surface area contributed by atoms with E-state index in [1.807, 2.05) is 21.1 Å². The second-order valence-electron chi connectivity index (χ2n) is 15.7. The summed E-state index contributed by atoms with van der Waals surface area (Å²) in [6.07, 6.45) is 38.0. The van der Waals surface area contributed by atoms with Crippen molar-refractivity contribution in [3.63, 3.8) is 0 Å². The van der Waals surface area contributed by atoms with E-state index in [1.54, 1.807) is 0 Å². The Bertz CT molecular complexity index is 833. The lowest BCUT2D eigenvalue weighted by molar-refractivity contribution is -0.870. The van der Waals surface area contributed by atoms with Gasteiger partial charge in [-0.15, -0.1) is 0 Å². The Labute approximate surface area is 316 Å². The summed E-state index contributed by atoms with van der Waals surface area (Å²) in [6, 6.07) is 0. The number of likely N-dealkylation sites (N-methyl/N-ethyl adjacent to an activating group) is 1. The molecule has 2 atom stereocenters. The summed E-state index contributed by atoms with van der Waals surface area (Å²) in [5.41, 5.74) is 0. The number of allylic oxidation sites excluding steroid dienone is 2. The standard InChI is InChI=1S/C42H84NO7P/c1-6-8-10-12-14-16-18-20-21-22-23-25-27-29-31-33-35-42(44)50-41(40-49-51(45,46)48-38-36-43(3,4)5)39-47-37-34-32-30-28-26-24-19-17-15-13-11-9-7-2/h21-22,41H,6-20,23-40H2,1-5H3/p+1/b22-21-. The summed E-state index contributed by atoms with van der Waals surface area (Å²) >= 11 is 0. The van der Waals surface area contributed by atoms with Gasteiger partial charge in [0.05, 0.1) is 34.4 Å². The van der Waals surface area contributed by atoms with Crippen molar-refractivity contribution in [2.75, 3.05) is 54.1 Å². The lowest BCUT2D eigenvalue weighted by atomic mass is 10.0. The Kier molecular flexibility index (Phi) is 35.7. The molecule has 0 saturated heterocycles. The zero-order chi connectivity index (χ0) is 37.7. The first-order valence-corrected chi connectivity index (χ1v) is 22.9. The van der Waals surface area contributed by atoms with Crippen LogP contribution in [0.1, 0.15) is 194 Å². The maximum absolute atomic E-state index is 12.7. The van der Waals surface area contributed by atoms with Gasteiger partial charge in [-0.05, 0) is 38.5 Å². The van der Waals surface area contributed by atoms with E-state index in [0.717, 1.165) is 38.5 Å². The highest BCUT2D eigenvalue weighted by atomic mass is 31.2. The van der Waals surface area contributed by atoms with Crippen molar-refractivity contribution in [1.82, 2.24) is 0 Å². The lowest BCUT2D eigenvalue weighted by Crippen LogP contribution is -2.37. The third-order valence-electron chi connectivity index (χ3n) is 9.33. The number of hydrogen-bond donors (Lipinski definition) is 1. The van der Waals surface area contributed by atoms with E-state index >= 15 is 0 Å². The normalized spacial score (nSPS) is 13.9. The maximum Gasteiger partial charge on any atom is 0.472 e. The highest BCUT2D eigenvalue weighted by Crippen LogP contribution is 2.43. The summed E-state index contributed by atoms with van der Waals surface area (Å²) in [6.45, 7) is 5.64. The molecular weight excluding hydrogens is 661 g/mol. The summed E-state index contributed by atoms with van der Waals surface area (Å²) in [7, 11) is 1.67. The molecule has 0 amide bonds. The molecule has 0 saturated carbocycles. The number of quaternary nitrogens is 1. The topological polar surface area (TPSA) is 91.3 Å². The van der Waals surface area contributed by atoms with Crippen molar-refractivity contribution in [3.05, 3.63) is 12.2 Å². The molecule has 0 aromatic heterocycles. The SMILES string of the molecule is CCCCCCCCC/C=C\CCCCCCCC(=O)OC(COCCCCCCCCCCCCCCC)COP(=O)(O)OCC[N+](C)(C)C. The van der Waals surface area contributed by atoms with Crippen LogP contribution in [0.15, 0.2) is 12.2 Å². The van der Waals surface area contributed by atoms with E-state index in [9.17, 15) is 14.3 Å². The first-order chi connectivity index (χ1) is 24.6. The van der Waals surface area contributed by atoms with Gasteiger partial charge in [0.1, 0.15) is 19.3 Å². The average Bonchev–Trinajstić information content (AvgIpc) is 3.08. The molecular formula is C42H85NO7P+. The van der Waals surface area contributed by atoms with Gasteiger partial charge in [0.25, 0.3) is 0 Å². The third-order valence-corrected chi connectivity index (χ3v) is 10.3. The fourth-order valence-electron chi connectivity index (χ4n) is 5.96. The van der Waals surface area contributed by atoms with Crippen molar-refractivity contribution in [2.24, 2.45) is 0 Å². The molecule has 1 N–H and O–H groups in total. The number of rotatable bonds is 40. The first kappa shape index (κ1) is 50.2. The molecule has 9 heteroatoms. The minimum absolute atomic E-state index is 0.0901. The van der Waals surface area contributed by atoms with E-state index in [4.69, 9.17) is 18.5 Å². The number of phosphoric acid groups is 1. The lowest BCUT2D eigenvalue weighted by Gasteiger charge is -2.24. The molecule has 0 bridgehead atoms. The zero-order valence-electron chi connectivity index (χ0n) is 34.4. The molecule has 2 unspecified atom stereocenters. The molecule has 0 aromatic rings. The van der Waals surface area contributed by atoms with E-state index in [2.05, 4.69) is 26.0 Å². The Morgan fingerprint density at radius 2 is 1.02 bits per heavy atom. The molecule has 304 valence electrons. The van der Waals surface area contributed by atoms with Crippen LogP contribution in [-0.2, 0) is 27.9 Å². The minimum atomic E-state index is -4.27. The van der Waals surface area contributed by atoms with Crippen LogP contribution in [0, 0.1) is 0 Å². The Morgan fingerprint density at radius 1 is 0.588 bits per heavy atom. The van der Waals surface area contributed by atoms with Gasteiger partial charge in [-0.2, -0.15) is 0 Å². The molecule has 0 aliphatic heterocycles. The number of esters is 1. The Balaban J connectivity index is 4.24. The van der Waals surface area contributed by atoms with Gasteiger partial charge in [-0.25, -0.2) is 4.57 Å². The molecule has 8 nitrogen and oxygen atoms in total. The number of carbonyl (C=O) groups excluding carboxylic acids is 1. The molecule has 0 aliphatic rings. The van der Waals surface area contributed by atoms with E-state index in [1.165, 1.54) is 135 Å². The van der Waals surface area contributed by atoms with Gasteiger partial charge in [0, 0.05) is 13.0 Å². The van der Waals surface area contributed by atoms with Gasteiger partial charge in [-0.1, -0.05) is 161 Å². The van der Waals surface area contributed by atoms with Crippen LogP contribution >= 0.6 is 7.82 Å². The van der Waals surface area contributed by atoms with Crippen molar-refractivity contribution < 1.29 is 37.3 Å². The highest BCUT2D eigenvalue weighted by molar-refractivity contribution is 7.47. The van der Waals surface area contributed by atoms with Crippen LogP contribution in [0.4, 0.5) is 0 Å². The van der Waals surface area contributed by atoms with E-state index in [0.29, 0.717) is 24.1 Å². The van der Waals surface area contributed by atoms with Crippen molar-refractivity contribution >= 4 is 13.8 Å². The predicted molar refractivity (Wildman–Crippen MR) is 215 cm³/mol. The number of phosphoric ester groups is 1. The van der Waals surface area contributed by atoms with Crippen LogP contribution in [0.25, 0.3) is 0 Å². The summed E-state index contributed by atoms with van der Waals surface area (Å²) in [4.78, 5) is 22.8. The number of carbonyl (C=O) groups is 1. The molecule has 0 radical (unpaired) electrons. The van der Waals surface area contributed by atoms with Gasteiger partial charge >= 0.3 is 13.8 Å². The van der Waals surface area contributed by atoms with Gasteiger partial charge in [-0.3, -0.25) is 13.8 Å². The molecule has 51 heavy (non-hydrogen) atoms. The van der Waals surface area contributed by atoms with Crippen LogP contribution in [0.2, 0.25) is 0 Å². The second-order valence-corrected chi connectivity index (χ2v) is 17.2. The van der Waals surface area contributed by atoms with Crippen LogP contribution in [-0.4, -0.2) is 75.6 Å². The van der Waals surface area contributed by atoms with E-state index in [-0.39, 0.29) is 25.8 Å².